The van der Waals surface area contributed by atoms with Crippen LogP contribution in [0, 0.1) is 0 Å². The van der Waals surface area contributed by atoms with Crippen LogP contribution in [0.3, 0.4) is 0 Å². The standard InChI is InChI=1S/C19H28N2O2.ClH/c1-19(2,3)14-4-8-17(9-5-14)23-13-18(22)21-11-10-15-6-7-16(12-21)20-15;/h4-5,8-9,15-16,20H,6-7,10-13H2,1-3H3;1H. The highest BCUT2D eigenvalue weighted by Crippen LogP contribution is 2.24. The molecular formula is C19H29ClN2O2. The molecule has 24 heavy (non-hydrogen) atoms. The molecule has 0 spiro atoms. The van der Waals surface area contributed by atoms with Crippen LogP contribution in [0.1, 0.15) is 45.6 Å². The number of hydrogen-bond acceptors (Lipinski definition) is 3. The Hall–Kier alpha value is -1.26. The molecule has 5 heteroatoms. The summed E-state index contributed by atoms with van der Waals surface area (Å²) >= 11 is 0. The number of likely N-dealkylation sites (tertiary alicyclic amines) is 1. The summed E-state index contributed by atoms with van der Waals surface area (Å²) in [5.41, 5.74) is 1.40. The van der Waals surface area contributed by atoms with Gasteiger partial charge in [0.1, 0.15) is 5.75 Å². The van der Waals surface area contributed by atoms with Crippen LogP contribution in [0.25, 0.3) is 0 Å². The lowest BCUT2D eigenvalue weighted by atomic mass is 9.87. The molecule has 1 N–H and O–H groups in total. The molecule has 1 aromatic rings. The number of carbonyl (C=O) groups is 1. The van der Waals surface area contributed by atoms with E-state index in [4.69, 9.17) is 4.74 Å². The first-order chi connectivity index (χ1) is 10.9. The second kappa shape index (κ2) is 7.75. The Kier molecular flexibility index (Phi) is 6.16. The van der Waals surface area contributed by atoms with Crippen molar-refractivity contribution in [1.29, 1.82) is 0 Å². The van der Waals surface area contributed by atoms with Crippen molar-refractivity contribution in [3.05, 3.63) is 29.8 Å². The van der Waals surface area contributed by atoms with Crippen LogP contribution in [-0.2, 0) is 10.2 Å². The Morgan fingerprint density at radius 1 is 1.17 bits per heavy atom. The minimum absolute atomic E-state index is 0. The highest BCUT2D eigenvalue weighted by Gasteiger charge is 2.31. The Balaban J connectivity index is 0.00000208. The van der Waals surface area contributed by atoms with Crippen molar-refractivity contribution in [2.75, 3.05) is 19.7 Å². The minimum Gasteiger partial charge on any atom is -0.484 e. The summed E-state index contributed by atoms with van der Waals surface area (Å²) in [7, 11) is 0. The smallest absolute Gasteiger partial charge is 0.260 e. The number of benzene rings is 1. The van der Waals surface area contributed by atoms with Crippen LogP contribution in [-0.4, -0.2) is 42.6 Å². The third-order valence-electron chi connectivity index (χ3n) is 4.96. The van der Waals surface area contributed by atoms with Gasteiger partial charge in [-0.15, -0.1) is 12.4 Å². The number of fused-ring (bicyclic) bond motifs is 2. The molecular weight excluding hydrogens is 324 g/mol. The van der Waals surface area contributed by atoms with Gasteiger partial charge in [-0.25, -0.2) is 0 Å². The summed E-state index contributed by atoms with van der Waals surface area (Å²) in [5, 5.41) is 3.60. The van der Waals surface area contributed by atoms with Crippen molar-refractivity contribution in [1.82, 2.24) is 10.2 Å². The first-order valence-corrected chi connectivity index (χ1v) is 8.69. The van der Waals surface area contributed by atoms with Crippen molar-refractivity contribution in [3.8, 4) is 5.75 Å². The Bertz CT molecular complexity index is 553. The average Bonchev–Trinajstić information content (AvgIpc) is 2.83. The lowest BCUT2D eigenvalue weighted by Crippen LogP contribution is -2.41. The highest BCUT2D eigenvalue weighted by atomic mass is 35.5. The van der Waals surface area contributed by atoms with E-state index in [9.17, 15) is 4.79 Å². The van der Waals surface area contributed by atoms with E-state index in [2.05, 4.69) is 38.2 Å². The summed E-state index contributed by atoms with van der Waals surface area (Å²) in [6.07, 6.45) is 3.50. The van der Waals surface area contributed by atoms with Gasteiger partial charge in [0.15, 0.2) is 6.61 Å². The third kappa shape index (κ3) is 4.64. The van der Waals surface area contributed by atoms with Crippen LogP contribution in [0.15, 0.2) is 24.3 Å². The van der Waals surface area contributed by atoms with Gasteiger partial charge in [0.05, 0.1) is 0 Å². The first kappa shape index (κ1) is 19.1. The van der Waals surface area contributed by atoms with Crippen molar-refractivity contribution in [2.45, 2.75) is 57.5 Å². The summed E-state index contributed by atoms with van der Waals surface area (Å²) < 4.78 is 5.70. The van der Waals surface area contributed by atoms with E-state index >= 15 is 0 Å². The molecule has 2 bridgehead atoms. The average molecular weight is 353 g/mol. The predicted molar refractivity (Wildman–Crippen MR) is 99.0 cm³/mol. The second-order valence-corrected chi connectivity index (χ2v) is 7.83. The van der Waals surface area contributed by atoms with Crippen LogP contribution < -0.4 is 10.1 Å². The fourth-order valence-corrected chi connectivity index (χ4v) is 3.46. The molecule has 3 rings (SSSR count). The van der Waals surface area contributed by atoms with Crippen LogP contribution in [0.2, 0.25) is 0 Å². The molecule has 2 heterocycles. The van der Waals surface area contributed by atoms with Crippen LogP contribution in [0.5, 0.6) is 5.75 Å². The highest BCUT2D eigenvalue weighted by molar-refractivity contribution is 5.85. The molecule has 2 atom stereocenters. The monoisotopic (exact) mass is 352 g/mol. The second-order valence-electron chi connectivity index (χ2n) is 7.83. The molecule has 1 aromatic carbocycles. The lowest BCUT2D eigenvalue weighted by molar-refractivity contribution is -0.133. The molecule has 1 amide bonds. The predicted octanol–water partition coefficient (Wildman–Crippen LogP) is 3.14. The van der Waals surface area contributed by atoms with Gasteiger partial charge in [0, 0.05) is 25.2 Å². The largest absolute Gasteiger partial charge is 0.484 e. The maximum absolute atomic E-state index is 12.4. The van der Waals surface area contributed by atoms with Gasteiger partial charge in [-0.2, -0.15) is 0 Å². The van der Waals surface area contributed by atoms with Gasteiger partial charge in [-0.05, 0) is 42.4 Å². The SMILES string of the molecule is CC(C)(C)c1ccc(OCC(=O)N2CCC3CCC(C2)N3)cc1.Cl. The van der Waals surface area contributed by atoms with Gasteiger partial charge in [-0.1, -0.05) is 32.9 Å². The zero-order valence-electron chi connectivity index (χ0n) is 14.9. The van der Waals surface area contributed by atoms with Crippen LogP contribution in [0.4, 0.5) is 0 Å². The van der Waals surface area contributed by atoms with Crippen molar-refractivity contribution >= 4 is 18.3 Å². The molecule has 2 fully saturated rings. The maximum atomic E-state index is 12.4. The van der Waals surface area contributed by atoms with E-state index < -0.39 is 0 Å². The molecule has 2 unspecified atom stereocenters. The van der Waals surface area contributed by atoms with E-state index in [1.54, 1.807) is 0 Å². The van der Waals surface area contributed by atoms with Gasteiger partial charge < -0.3 is 15.0 Å². The van der Waals surface area contributed by atoms with E-state index in [1.165, 1.54) is 18.4 Å². The summed E-state index contributed by atoms with van der Waals surface area (Å²) in [6, 6.07) is 9.14. The fraction of sp³-hybridized carbons (Fsp3) is 0.632. The summed E-state index contributed by atoms with van der Waals surface area (Å²) in [5.74, 6) is 0.861. The van der Waals surface area contributed by atoms with Crippen molar-refractivity contribution < 1.29 is 9.53 Å². The van der Waals surface area contributed by atoms with E-state index in [0.29, 0.717) is 12.1 Å². The van der Waals surface area contributed by atoms with Crippen molar-refractivity contribution in [3.63, 3.8) is 0 Å². The number of amides is 1. The number of halogens is 1. The fourth-order valence-electron chi connectivity index (χ4n) is 3.46. The molecule has 134 valence electrons. The van der Waals surface area contributed by atoms with Gasteiger partial charge in [0.25, 0.3) is 5.91 Å². The Labute approximate surface area is 151 Å². The zero-order chi connectivity index (χ0) is 16.4. The molecule has 2 aliphatic heterocycles. The van der Waals surface area contributed by atoms with Crippen LogP contribution >= 0.6 is 12.4 Å². The molecule has 0 aromatic heterocycles. The lowest BCUT2D eigenvalue weighted by Gasteiger charge is -2.24. The number of carbonyl (C=O) groups excluding carboxylic acids is 1. The zero-order valence-corrected chi connectivity index (χ0v) is 15.7. The molecule has 0 radical (unpaired) electrons. The minimum atomic E-state index is 0. The van der Waals surface area contributed by atoms with Gasteiger partial charge in [-0.3, -0.25) is 4.79 Å². The Morgan fingerprint density at radius 3 is 2.50 bits per heavy atom. The van der Waals surface area contributed by atoms with E-state index in [-0.39, 0.29) is 30.3 Å². The molecule has 2 saturated heterocycles. The number of rotatable bonds is 3. The van der Waals surface area contributed by atoms with E-state index in [1.807, 2.05) is 17.0 Å². The number of ether oxygens (including phenoxy) is 1. The summed E-state index contributed by atoms with van der Waals surface area (Å²) in [6.45, 7) is 8.36. The number of hydrogen-bond donors (Lipinski definition) is 1. The van der Waals surface area contributed by atoms with E-state index in [0.717, 1.165) is 25.3 Å². The molecule has 2 aliphatic rings. The number of nitrogens with one attached hydrogen (secondary N) is 1. The molecule has 0 aliphatic carbocycles. The molecule has 0 saturated carbocycles. The number of nitrogens with zero attached hydrogens (tertiary/aromatic N) is 1. The Morgan fingerprint density at radius 2 is 1.83 bits per heavy atom. The van der Waals surface area contributed by atoms with Gasteiger partial charge >= 0.3 is 0 Å². The first-order valence-electron chi connectivity index (χ1n) is 8.69. The topological polar surface area (TPSA) is 41.6 Å². The molecule has 4 nitrogen and oxygen atoms in total. The quantitative estimate of drug-likeness (QED) is 0.908. The third-order valence-corrected chi connectivity index (χ3v) is 4.96. The van der Waals surface area contributed by atoms with Gasteiger partial charge in [0.2, 0.25) is 0 Å². The summed E-state index contributed by atoms with van der Waals surface area (Å²) in [4.78, 5) is 14.4. The maximum Gasteiger partial charge on any atom is 0.260 e. The van der Waals surface area contributed by atoms with Crippen molar-refractivity contribution in [2.24, 2.45) is 0 Å². The normalized spacial score (nSPS) is 23.4.